The Labute approximate surface area is 118 Å². The molecule has 0 aromatic heterocycles. The van der Waals surface area contributed by atoms with Crippen molar-refractivity contribution in [3.63, 3.8) is 0 Å². The normalized spacial score (nSPS) is 15.2. The van der Waals surface area contributed by atoms with Gasteiger partial charge in [-0.15, -0.1) is 0 Å². The zero-order chi connectivity index (χ0) is 14.9. The van der Waals surface area contributed by atoms with E-state index in [-0.39, 0.29) is 23.6 Å². The van der Waals surface area contributed by atoms with Gasteiger partial charge in [0.25, 0.3) is 11.8 Å². The first-order valence-corrected chi connectivity index (χ1v) is 6.73. The van der Waals surface area contributed by atoms with Crippen molar-refractivity contribution in [3.8, 4) is 0 Å². The lowest BCUT2D eigenvalue weighted by Crippen LogP contribution is -2.24. The number of rotatable bonds is 4. The Balaban J connectivity index is 2.19. The van der Waals surface area contributed by atoms with Crippen LogP contribution in [0.2, 0.25) is 0 Å². The van der Waals surface area contributed by atoms with E-state index >= 15 is 0 Å². The third-order valence-corrected chi connectivity index (χ3v) is 3.53. The van der Waals surface area contributed by atoms with Crippen molar-refractivity contribution in [1.82, 2.24) is 4.90 Å². The van der Waals surface area contributed by atoms with Crippen LogP contribution >= 0.6 is 0 Å². The van der Waals surface area contributed by atoms with E-state index in [1.807, 2.05) is 13.8 Å². The lowest BCUT2D eigenvalue weighted by molar-refractivity contribution is -0.119. The van der Waals surface area contributed by atoms with Gasteiger partial charge in [0.1, 0.15) is 0 Å². The van der Waals surface area contributed by atoms with Crippen LogP contribution in [0, 0.1) is 5.92 Å². The van der Waals surface area contributed by atoms with Crippen molar-refractivity contribution in [2.24, 2.45) is 5.92 Å². The smallest absolute Gasteiger partial charge is 0.261 e. The van der Waals surface area contributed by atoms with Gasteiger partial charge in [-0.1, -0.05) is 20.3 Å². The van der Waals surface area contributed by atoms with Crippen LogP contribution in [-0.4, -0.2) is 29.7 Å². The molecule has 1 unspecified atom stereocenters. The van der Waals surface area contributed by atoms with Gasteiger partial charge in [-0.25, -0.2) is 0 Å². The summed E-state index contributed by atoms with van der Waals surface area (Å²) in [6, 6.07) is 4.80. The molecule has 5 nitrogen and oxygen atoms in total. The van der Waals surface area contributed by atoms with Gasteiger partial charge >= 0.3 is 0 Å². The minimum atomic E-state index is -0.331. The first-order chi connectivity index (χ1) is 9.45. The summed E-state index contributed by atoms with van der Waals surface area (Å²) in [5, 5.41) is 2.79. The Morgan fingerprint density at radius 3 is 2.55 bits per heavy atom. The molecule has 20 heavy (non-hydrogen) atoms. The fourth-order valence-electron chi connectivity index (χ4n) is 2.27. The van der Waals surface area contributed by atoms with Crippen LogP contribution in [0.4, 0.5) is 5.69 Å². The summed E-state index contributed by atoms with van der Waals surface area (Å²) in [5.41, 5.74) is 1.28. The number of fused-ring (bicyclic) bond motifs is 1. The molecule has 1 atom stereocenters. The number of nitrogens with zero attached hydrogens (tertiary/aromatic N) is 1. The molecule has 5 heteroatoms. The Morgan fingerprint density at radius 2 is 1.90 bits per heavy atom. The van der Waals surface area contributed by atoms with Gasteiger partial charge in [-0.3, -0.25) is 19.3 Å². The summed E-state index contributed by atoms with van der Waals surface area (Å²) in [7, 11) is 1.45. The third-order valence-electron chi connectivity index (χ3n) is 3.53. The van der Waals surface area contributed by atoms with Gasteiger partial charge in [-0.05, 0) is 24.6 Å². The molecule has 1 aromatic carbocycles. The number of hydrogen-bond donors (Lipinski definition) is 1. The van der Waals surface area contributed by atoms with Gasteiger partial charge in [0.05, 0.1) is 11.1 Å². The minimum Gasteiger partial charge on any atom is -0.326 e. The van der Waals surface area contributed by atoms with Gasteiger partial charge < -0.3 is 5.32 Å². The topological polar surface area (TPSA) is 66.5 Å². The summed E-state index contributed by atoms with van der Waals surface area (Å²) < 4.78 is 0. The van der Waals surface area contributed by atoms with Crippen LogP contribution in [0.3, 0.4) is 0 Å². The molecule has 0 bridgehead atoms. The van der Waals surface area contributed by atoms with Gasteiger partial charge in [0.15, 0.2) is 0 Å². The fourth-order valence-corrected chi connectivity index (χ4v) is 2.27. The van der Waals surface area contributed by atoms with E-state index in [1.165, 1.54) is 7.05 Å². The molecule has 106 valence electrons. The third kappa shape index (κ3) is 2.43. The highest BCUT2D eigenvalue weighted by Crippen LogP contribution is 2.25. The Bertz CT molecular complexity index is 580. The van der Waals surface area contributed by atoms with Crippen molar-refractivity contribution < 1.29 is 14.4 Å². The standard InChI is InChI=1S/C15H18N2O3/c1-4-5-9(2)13(18)16-10-6-7-11-12(8-10)15(20)17(3)14(11)19/h6-9H,4-5H2,1-3H3,(H,16,18). The second-order valence-corrected chi connectivity index (χ2v) is 5.11. The van der Waals surface area contributed by atoms with Crippen LogP contribution in [0.1, 0.15) is 47.4 Å². The van der Waals surface area contributed by atoms with E-state index in [4.69, 9.17) is 0 Å². The van der Waals surface area contributed by atoms with E-state index in [0.717, 1.165) is 17.7 Å². The van der Waals surface area contributed by atoms with Crippen LogP contribution in [0.25, 0.3) is 0 Å². The highest BCUT2D eigenvalue weighted by molar-refractivity contribution is 6.21. The molecule has 0 aliphatic carbocycles. The summed E-state index contributed by atoms with van der Waals surface area (Å²) in [6.07, 6.45) is 1.76. The minimum absolute atomic E-state index is 0.0723. The molecule has 0 radical (unpaired) electrons. The monoisotopic (exact) mass is 274 g/mol. The molecule has 0 fully saturated rings. The average Bonchev–Trinajstić information content (AvgIpc) is 2.64. The average molecular weight is 274 g/mol. The number of carbonyl (C=O) groups excluding carboxylic acids is 3. The number of nitrogens with one attached hydrogen (secondary N) is 1. The zero-order valence-corrected chi connectivity index (χ0v) is 11.9. The summed E-state index contributed by atoms with van der Waals surface area (Å²) in [5.74, 6) is -0.782. The maximum Gasteiger partial charge on any atom is 0.261 e. The number of benzene rings is 1. The molecule has 1 aliphatic rings. The van der Waals surface area contributed by atoms with Crippen LogP contribution < -0.4 is 5.32 Å². The van der Waals surface area contributed by atoms with E-state index in [9.17, 15) is 14.4 Å². The first-order valence-electron chi connectivity index (χ1n) is 6.73. The molecule has 1 aliphatic heterocycles. The summed E-state index contributed by atoms with van der Waals surface area (Å²) in [6.45, 7) is 3.90. The quantitative estimate of drug-likeness (QED) is 0.857. The molecule has 1 N–H and O–H groups in total. The Morgan fingerprint density at radius 1 is 1.25 bits per heavy atom. The zero-order valence-electron chi connectivity index (χ0n) is 11.9. The number of imide groups is 1. The van der Waals surface area contributed by atoms with Gasteiger partial charge in [-0.2, -0.15) is 0 Å². The molecular weight excluding hydrogens is 256 g/mol. The molecule has 3 amide bonds. The Hall–Kier alpha value is -2.17. The van der Waals surface area contributed by atoms with E-state index in [0.29, 0.717) is 16.8 Å². The van der Waals surface area contributed by atoms with Crippen molar-refractivity contribution in [1.29, 1.82) is 0 Å². The molecule has 0 spiro atoms. The van der Waals surface area contributed by atoms with Crippen molar-refractivity contribution in [3.05, 3.63) is 29.3 Å². The maximum absolute atomic E-state index is 11.9. The predicted octanol–water partition coefficient (Wildman–Crippen LogP) is 2.29. The molecular formula is C15H18N2O3. The number of carbonyl (C=O) groups is 3. The van der Waals surface area contributed by atoms with Crippen molar-refractivity contribution in [2.45, 2.75) is 26.7 Å². The predicted molar refractivity (Wildman–Crippen MR) is 75.6 cm³/mol. The second kappa shape index (κ2) is 5.45. The molecule has 0 saturated heterocycles. The second-order valence-electron chi connectivity index (χ2n) is 5.11. The number of amides is 3. The van der Waals surface area contributed by atoms with Gasteiger partial charge in [0.2, 0.25) is 5.91 Å². The van der Waals surface area contributed by atoms with E-state index in [1.54, 1.807) is 18.2 Å². The summed E-state index contributed by atoms with van der Waals surface area (Å²) in [4.78, 5) is 36.6. The van der Waals surface area contributed by atoms with Crippen LogP contribution in [0.5, 0.6) is 0 Å². The summed E-state index contributed by atoms with van der Waals surface area (Å²) >= 11 is 0. The lowest BCUT2D eigenvalue weighted by Gasteiger charge is -2.11. The molecule has 0 saturated carbocycles. The number of anilines is 1. The van der Waals surface area contributed by atoms with Crippen LogP contribution in [0.15, 0.2) is 18.2 Å². The largest absolute Gasteiger partial charge is 0.326 e. The number of hydrogen-bond acceptors (Lipinski definition) is 3. The molecule has 1 heterocycles. The van der Waals surface area contributed by atoms with E-state index < -0.39 is 0 Å². The maximum atomic E-state index is 11.9. The fraction of sp³-hybridized carbons (Fsp3) is 0.400. The van der Waals surface area contributed by atoms with E-state index in [2.05, 4.69) is 5.32 Å². The Kier molecular flexibility index (Phi) is 3.88. The van der Waals surface area contributed by atoms with Crippen molar-refractivity contribution in [2.75, 3.05) is 12.4 Å². The first kappa shape index (κ1) is 14.2. The lowest BCUT2D eigenvalue weighted by atomic mass is 10.0. The highest BCUT2D eigenvalue weighted by Gasteiger charge is 2.32. The molecule has 2 rings (SSSR count). The van der Waals surface area contributed by atoms with Crippen LogP contribution in [-0.2, 0) is 4.79 Å². The molecule has 1 aromatic rings. The van der Waals surface area contributed by atoms with Crippen molar-refractivity contribution >= 4 is 23.4 Å². The SMILES string of the molecule is CCCC(C)C(=O)Nc1ccc2c(c1)C(=O)N(C)C2=O. The highest BCUT2D eigenvalue weighted by atomic mass is 16.2. The van der Waals surface area contributed by atoms with Gasteiger partial charge in [0, 0.05) is 18.7 Å².